The highest BCUT2D eigenvalue weighted by atomic mass is 35.5. The molecular weight excluding hydrogens is 257 g/mol. The van der Waals surface area contributed by atoms with Crippen molar-refractivity contribution in [2.75, 3.05) is 13.7 Å². The number of hydrogen-bond acceptors (Lipinski definition) is 2. The van der Waals surface area contributed by atoms with Crippen molar-refractivity contribution >= 4 is 23.2 Å². The number of likely N-dealkylation sites (N-methyl/N-ethyl adjacent to an activating group) is 1. The van der Waals surface area contributed by atoms with Crippen molar-refractivity contribution in [1.29, 1.82) is 0 Å². The third kappa shape index (κ3) is 2.95. The van der Waals surface area contributed by atoms with Gasteiger partial charge in [0, 0.05) is 10.0 Å². The summed E-state index contributed by atoms with van der Waals surface area (Å²) in [5.41, 5.74) is 2.26. The van der Waals surface area contributed by atoms with Crippen molar-refractivity contribution in [1.82, 2.24) is 5.32 Å². The summed E-state index contributed by atoms with van der Waals surface area (Å²) in [4.78, 5) is 0. The molecule has 0 aliphatic carbocycles. The van der Waals surface area contributed by atoms with Crippen LogP contribution in [0.2, 0.25) is 10.0 Å². The monoisotopic (exact) mass is 271 g/mol. The molecule has 1 aromatic carbocycles. The lowest BCUT2D eigenvalue weighted by Gasteiger charge is -2.24. The third-order valence-electron chi connectivity index (χ3n) is 2.90. The van der Waals surface area contributed by atoms with Gasteiger partial charge in [-0.15, -0.1) is 0 Å². The van der Waals surface area contributed by atoms with Gasteiger partial charge in [0.1, 0.15) is 0 Å². The summed E-state index contributed by atoms with van der Waals surface area (Å²) < 4.78 is 5.38. The van der Waals surface area contributed by atoms with E-state index in [2.05, 4.69) is 5.32 Å². The van der Waals surface area contributed by atoms with E-state index in [1.807, 2.05) is 25.4 Å². The summed E-state index contributed by atoms with van der Waals surface area (Å²) >= 11 is 12.1. The molecule has 2 rings (SSSR count). The number of nitrogens with one attached hydrogen (secondary N) is 1. The van der Waals surface area contributed by atoms with Gasteiger partial charge in [0.15, 0.2) is 0 Å². The second-order valence-corrected chi connectivity index (χ2v) is 4.90. The van der Waals surface area contributed by atoms with Crippen LogP contribution >= 0.6 is 23.2 Å². The molecule has 1 heterocycles. The fraction of sp³-hybridized carbons (Fsp3) is 0.385. The summed E-state index contributed by atoms with van der Waals surface area (Å²) in [5.74, 6) is 0. The fourth-order valence-corrected chi connectivity index (χ4v) is 2.59. The summed E-state index contributed by atoms with van der Waals surface area (Å²) in [7, 11) is 1.92. The molecule has 17 heavy (non-hydrogen) atoms. The van der Waals surface area contributed by atoms with E-state index in [4.69, 9.17) is 27.9 Å². The van der Waals surface area contributed by atoms with Gasteiger partial charge in [0.2, 0.25) is 0 Å². The zero-order valence-corrected chi connectivity index (χ0v) is 11.2. The van der Waals surface area contributed by atoms with Crippen molar-refractivity contribution < 1.29 is 4.74 Å². The summed E-state index contributed by atoms with van der Waals surface area (Å²) in [6.45, 7) is 0.800. The lowest BCUT2D eigenvalue weighted by Crippen LogP contribution is -2.21. The quantitative estimate of drug-likeness (QED) is 0.899. The molecule has 0 radical (unpaired) electrons. The number of rotatable bonds is 3. The molecule has 2 nitrogen and oxygen atoms in total. The third-order valence-corrected chi connectivity index (χ3v) is 3.46. The Hall–Kier alpha value is -0.700. The second kappa shape index (κ2) is 5.76. The van der Waals surface area contributed by atoms with Crippen LogP contribution in [0, 0.1) is 0 Å². The standard InChI is InChI=1S/C13H15Cl2NO/c1-16-13(9-3-2-6-17-8-9)11-5-4-10(14)7-12(11)15/h4-5,7-8,13,16H,2-3,6H2,1H3. The predicted octanol–water partition coefficient (Wildman–Crippen LogP) is 3.95. The first kappa shape index (κ1) is 12.7. The Morgan fingerprint density at radius 1 is 1.35 bits per heavy atom. The highest BCUT2D eigenvalue weighted by molar-refractivity contribution is 6.35. The molecule has 1 atom stereocenters. The lowest BCUT2D eigenvalue weighted by atomic mass is 9.95. The molecule has 0 amide bonds. The van der Waals surface area contributed by atoms with E-state index in [1.165, 1.54) is 5.57 Å². The van der Waals surface area contributed by atoms with Gasteiger partial charge < -0.3 is 10.1 Å². The molecule has 0 fully saturated rings. The normalized spacial score (nSPS) is 17.2. The van der Waals surface area contributed by atoms with Crippen LogP contribution in [0.25, 0.3) is 0 Å². The predicted molar refractivity (Wildman–Crippen MR) is 71.5 cm³/mol. The molecule has 1 aliphatic heterocycles. The molecule has 0 saturated carbocycles. The number of benzene rings is 1. The average molecular weight is 272 g/mol. The van der Waals surface area contributed by atoms with E-state index >= 15 is 0 Å². The zero-order valence-electron chi connectivity index (χ0n) is 9.67. The van der Waals surface area contributed by atoms with Crippen LogP contribution in [-0.2, 0) is 4.74 Å². The molecule has 0 spiro atoms. The van der Waals surface area contributed by atoms with Crippen LogP contribution in [-0.4, -0.2) is 13.7 Å². The van der Waals surface area contributed by atoms with E-state index in [0.29, 0.717) is 10.0 Å². The minimum Gasteiger partial charge on any atom is -0.501 e. The van der Waals surface area contributed by atoms with Gasteiger partial charge in [-0.3, -0.25) is 0 Å². The number of ether oxygens (including phenoxy) is 1. The first-order chi connectivity index (χ1) is 8.22. The van der Waals surface area contributed by atoms with Crippen LogP contribution in [0.3, 0.4) is 0 Å². The maximum absolute atomic E-state index is 6.23. The highest BCUT2D eigenvalue weighted by Crippen LogP contribution is 2.33. The van der Waals surface area contributed by atoms with Crippen LogP contribution in [0.15, 0.2) is 30.0 Å². The zero-order chi connectivity index (χ0) is 12.3. The van der Waals surface area contributed by atoms with Gasteiger partial charge in [-0.05, 0) is 43.2 Å². The van der Waals surface area contributed by atoms with Crippen molar-refractivity contribution in [3.05, 3.63) is 45.6 Å². The van der Waals surface area contributed by atoms with Crippen molar-refractivity contribution in [2.24, 2.45) is 0 Å². The first-order valence-electron chi connectivity index (χ1n) is 5.65. The molecule has 92 valence electrons. The largest absolute Gasteiger partial charge is 0.501 e. The lowest BCUT2D eigenvalue weighted by molar-refractivity contribution is 0.220. The molecule has 1 unspecified atom stereocenters. The smallest absolute Gasteiger partial charge is 0.0876 e. The summed E-state index contributed by atoms with van der Waals surface area (Å²) in [5, 5.41) is 4.61. The van der Waals surface area contributed by atoms with Gasteiger partial charge in [0.25, 0.3) is 0 Å². The van der Waals surface area contributed by atoms with Crippen LogP contribution in [0.5, 0.6) is 0 Å². The SMILES string of the molecule is CNC(C1=COCCC1)c1ccc(Cl)cc1Cl. The van der Waals surface area contributed by atoms with Gasteiger partial charge in [-0.1, -0.05) is 29.3 Å². The molecule has 1 aliphatic rings. The maximum Gasteiger partial charge on any atom is 0.0876 e. The van der Waals surface area contributed by atoms with Gasteiger partial charge >= 0.3 is 0 Å². The Kier molecular flexibility index (Phi) is 4.32. The average Bonchev–Trinajstić information content (AvgIpc) is 2.34. The second-order valence-electron chi connectivity index (χ2n) is 4.05. The van der Waals surface area contributed by atoms with E-state index in [0.717, 1.165) is 25.0 Å². The fourth-order valence-electron chi connectivity index (χ4n) is 2.07. The maximum atomic E-state index is 6.23. The molecule has 0 bridgehead atoms. The van der Waals surface area contributed by atoms with Gasteiger partial charge in [-0.2, -0.15) is 0 Å². The molecule has 1 N–H and O–H groups in total. The minimum atomic E-state index is 0.0973. The Bertz CT molecular complexity index is 431. The van der Waals surface area contributed by atoms with Gasteiger partial charge in [0.05, 0.1) is 18.9 Å². The molecule has 4 heteroatoms. The highest BCUT2D eigenvalue weighted by Gasteiger charge is 2.19. The molecular formula is C13H15Cl2NO. The van der Waals surface area contributed by atoms with Crippen molar-refractivity contribution in [2.45, 2.75) is 18.9 Å². The van der Waals surface area contributed by atoms with E-state index in [-0.39, 0.29) is 6.04 Å². The summed E-state index contributed by atoms with van der Waals surface area (Å²) in [6, 6.07) is 5.69. The Morgan fingerprint density at radius 2 is 2.18 bits per heavy atom. The Labute approximate surface area is 112 Å². The van der Waals surface area contributed by atoms with Crippen LogP contribution in [0.1, 0.15) is 24.4 Å². The van der Waals surface area contributed by atoms with Crippen LogP contribution in [0.4, 0.5) is 0 Å². The summed E-state index contributed by atoms with van der Waals surface area (Å²) in [6.07, 6.45) is 3.93. The topological polar surface area (TPSA) is 21.3 Å². The first-order valence-corrected chi connectivity index (χ1v) is 6.40. The number of hydrogen-bond donors (Lipinski definition) is 1. The molecule has 0 saturated heterocycles. The van der Waals surface area contributed by atoms with Crippen LogP contribution < -0.4 is 5.32 Å². The molecule has 1 aromatic rings. The van der Waals surface area contributed by atoms with E-state index < -0.39 is 0 Å². The van der Waals surface area contributed by atoms with Crippen molar-refractivity contribution in [3.63, 3.8) is 0 Å². The van der Waals surface area contributed by atoms with E-state index in [1.54, 1.807) is 6.07 Å². The minimum absolute atomic E-state index is 0.0973. The number of halogens is 2. The van der Waals surface area contributed by atoms with E-state index in [9.17, 15) is 0 Å². The van der Waals surface area contributed by atoms with Gasteiger partial charge in [-0.25, -0.2) is 0 Å². The Morgan fingerprint density at radius 3 is 2.76 bits per heavy atom. The Balaban J connectivity index is 2.31. The molecule has 0 aromatic heterocycles. The van der Waals surface area contributed by atoms with Crippen molar-refractivity contribution in [3.8, 4) is 0 Å².